The molecule has 1 aromatic heterocycles. The van der Waals surface area contributed by atoms with Gasteiger partial charge in [-0.15, -0.1) is 0 Å². The number of fused-ring (bicyclic) bond motifs is 1. The molecule has 3 rings (SSSR count). The number of carbonyl (C=O) groups is 1. The standard InChI is InChI=1S/C10H7ClN2O.C7H6FNO2/c11-10-8(6-12-14)5-7-3-1-2-4-9(7)13-10;8-5-1-3-6(4-2-5)11-7(9)10/h1-6,14H;1-4H,(H2,9,10). The van der Waals surface area contributed by atoms with Crippen LogP contribution in [0.15, 0.2) is 59.8 Å². The maximum atomic E-state index is 12.3. The SMILES string of the molecule is NC(=O)Oc1ccc(F)cc1.ON=Cc1cc2ccccc2nc1Cl. The van der Waals surface area contributed by atoms with E-state index in [-0.39, 0.29) is 11.6 Å². The molecule has 25 heavy (non-hydrogen) atoms. The van der Waals surface area contributed by atoms with Gasteiger partial charge < -0.3 is 15.7 Å². The number of aromatic nitrogens is 1. The van der Waals surface area contributed by atoms with E-state index in [1.54, 1.807) is 0 Å². The minimum atomic E-state index is -0.906. The van der Waals surface area contributed by atoms with Gasteiger partial charge in [-0.05, 0) is 36.4 Å². The predicted molar refractivity (Wildman–Crippen MR) is 92.7 cm³/mol. The molecule has 0 aliphatic carbocycles. The van der Waals surface area contributed by atoms with Crippen molar-refractivity contribution in [2.24, 2.45) is 10.9 Å². The zero-order chi connectivity index (χ0) is 18.2. The lowest BCUT2D eigenvalue weighted by Gasteiger charge is -2.00. The van der Waals surface area contributed by atoms with Crippen molar-refractivity contribution in [1.29, 1.82) is 0 Å². The zero-order valence-electron chi connectivity index (χ0n) is 12.8. The number of rotatable bonds is 2. The molecule has 0 bridgehead atoms. The number of para-hydroxylation sites is 1. The molecule has 8 heteroatoms. The van der Waals surface area contributed by atoms with E-state index < -0.39 is 6.09 Å². The topological polar surface area (TPSA) is 97.8 Å². The molecule has 3 N–H and O–H groups in total. The van der Waals surface area contributed by atoms with Gasteiger partial charge in [-0.3, -0.25) is 0 Å². The Bertz CT molecular complexity index is 901. The van der Waals surface area contributed by atoms with E-state index in [4.69, 9.17) is 22.5 Å². The number of halogens is 2. The molecule has 0 atom stereocenters. The van der Waals surface area contributed by atoms with Gasteiger partial charge in [-0.25, -0.2) is 14.2 Å². The second-order valence-electron chi connectivity index (χ2n) is 4.68. The van der Waals surface area contributed by atoms with E-state index in [2.05, 4.69) is 14.9 Å². The first kappa shape index (κ1) is 18.2. The summed E-state index contributed by atoms with van der Waals surface area (Å²) in [6.07, 6.45) is 0.360. The highest BCUT2D eigenvalue weighted by atomic mass is 35.5. The van der Waals surface area contributed by atoms with Crippen molar-refractivity contribution < 1.29 is 19.1 Å². The molecule has 6 nitrogen and oxygen atoms in total. The lowest BCUT2D eigenvalue weighted by atomic mass is 10.2. The number of hydrogen-bond acceptors (Lipinski definition) is 5. The molecule has 0 unspecified atom stereocenters. The van der Waals surface area contributed by atoms with Crippen LogP contribution in [-0.4, -0.2) is 22.5 Å². The number of nitrogens with two attached hydrogens (primary N) is 1. The number of carbonyl (C=O) groups excluding carboxylic acids is 1. The van der Waals surface area contributed by atoms with E-state index in [9.17, 15) is 9.18 Å². The van der Waals surface area contributed by atoms with Crippen molar-refractivity contribution >= 4 is 34.8 Å². The third-order valence-corrected chi connectivity index (χ3v) is 3.24. The number of amides is 1. The Balaban J connectivity index is 0.000000186. The van der Waals surface area contributed by atoms with Gasteiger partial charge in [0.2, 0.25) is 0 Å². The number of ether oxygens (including phenoxy) is 1. The number of pyridine rings is 1. The fraction of sp³-hybridized carbons (Fsp3) is 0. The fourth-order valence-corrected chi connectivity index (χ4v) is 2.07. The zero-order valence-corrected chi connectivity index (χ0v) is 13.5. The van der Waals surface area contributed by atoms with Gasteiger partial charge in [0.25, 0.3) is 0 Å². The number of hydrogen-bond donors (Lipinski definition) is 2. The Morgan fingerprint density at radius 3 is 2.56 bits per heavy atom. The Hall–Kier alpha value is -3.19. The molecule has 0 fully saturated rings. The fourth-order valence-electron chi connectivity index (χ4n) is 1.88. The van der Waals surface area contributed by atoms with E-state index >= 15 is 0 Å². The molecule has 0 radical (unpaired) electrons. The van der Waals surface area contributed by atoms with E-state index in [1.165, 1.54) is 30.5 Å². The molecule has 0 spiro atoms. The molecule has 3 aromatic rings. The number of oxime groups is 1. The summed E-state index contributed by atoms with van der Waals surface area (Å²) < 4.78 is 16.7. The maximum absolute atomic E-state index is 12.3. The van der Waals surface area contributed by atoms with Crippen molar-refractivity contribution in [2.45, 2.75) is 0 Å². The average molecular weight is 362 g/mol. The summed E-state index contributed by atoms with van der Waals surface area (Å²) in [7, 11) is 0. The molecule has 1 heterocycles. The minimum Gasteiger partial charge on any atom is -0.411 e. The van der Waals surface area contributed by atoms with Crippen LogP contribution in [0, 0.1) is 5.82 Å². The maximum Gasteiger partial charge on any atom is 0.409 e. The molecule has 128 valence electrons. The molecule has 0 aliphatic rings. The van der Waals surface area contributed by atoms with Crippen molar-refractivity contribution in [1.82, 2.24) is 4.98 Å². The first-order chi connectivity index (χ1) is 12.0. The third-order valence-electron chi connectivity index (χ3n) is 2.93. The van der Waals surface area contributed by atoms with Crippen LogP contribution in [0.25, 0.3) is 10.9 Å². The Morgan fingerprint density at radius 2 is 1.92 bits per heavy atom. The summed E-state index contributed by atoms with van der Waals surface area (Å²) in [4.78, 5) is 14.3. The second-order valence-corrected chi connectivity index (χ2v) is 5.04. The van der Waals surface area contributed by atoms with Gasteiger partial charge in [-0.2, -0.15) is 0 Å². The Labute approximate surface area is 147 Å². The van der Waals surface area contributed by atoms with Crippen molar-refractivity contribution in [3.05, 3.63) is 71.1 Å². The predicted octanol–water partition coefficient (Wildman–Crippen LogP) is 3.98. The van der Waals surface area contributed by atoms with E-state index in [0.717, 1.165) is 10.9 Å². The van der Waals surface area contributed by atoms with E-state index in [0.29, 0.717) is 10.7 Å². The van der Waals surface area contributed by atoms with Crippen LogP contribution in [0.3, 0.4) is 0 Å². The van der Waals surface area contributed by atoms with Gasteiger partial charge in [0.15, 0.2) is 0 Å². The van der Waals surface area contributed by atoms with Gasteiger partial charge in [-0.1, -0.05) is 35.0 Å². The molecular formula is C17H13ClFN3O3. The van der Waals surface area contributed by atoms with Crippen LogP contribution in [0.4, 0.5) is 9.18 Å². The van der Waals surface area contributed by atoms with Crippen LogP contribution in [-0.2, 0) is 0 Å². The van der Waals surface area contributed by atoms with Gasteiger partial charge in [0, 0.05) is 10.9 Å². The number of nitrogens with zero attached hydrogens (tertiary/aromatic N) is 2. The highest BCUT2D eigenvalue weighted by Gasteiger charge is 2.02. The lowest BCUT2D eigenvalue weighted by molar-refractivity contribution is 0.211. The van der Waals surface area contributed by atoms with Crippen LogP contribution in [0.5, 0.6) is 5.75 Å². The monoisotopic (exact) mass is 361 g/mol. The number of benzene rings is 2. The Kier molecular flexibility index (Phi) is 6.25. The lowest BCUT2D eigenvalue weighted by Crippen LogP contribution is -2.16. The summed E-state index contributed by atoms with van der Waals surface area (Å²) in [6.45, 7) is 0. The molecule has 0 saturated heterocycles. The normalized spacial score (nSPS) is 10.3. The quantitative estimate of drug-likeness (QED) is 0.312. The highest BCUT2D eigenvalue weighted by Crippen LogP contribution is 2.18. The Morgan fingerprint density at radius 1 is 1.24 bits per heavy atom. The van der Waals surface area contributed by atoms with Crippen molar-refractivity contribution in [2.75, 3.05) is 0 Å². The van der Waals surface area contributed by atoms with Crippen LogP contribution in [0.1, 0.15) is 5.56 Å². The van der Waals surface area contributed by atoms with Gasteiger partial charge in [0.05, 0.1) is 11.7 Å². The average Bonchev–Trinajstić information content (AvgIpc) is 2.58. The first-order valence-electron chi connectivity index (χ1n) is 6.95. The molecule has 0 aliphatic heterocycles. The number of primary amides is 1. The summed E-state index contributed by atoms with van der Waals surface area (Å²) in [5, 5.41) is 12.6. The van der Waals surface area contributed by atoms with Gasteiger partial charge in [0.1, 0.15) is 16.7 Å². The summed E-state index contributed by atoms with van der Waals surface area (Å²) in [5.74, 6) is -0.152. The molecular weight excluding hydrogens is 349 g/mol. The molecule has 0 saturated carbocycles. The van der Waals surface area contributed by atoms with Crippen LogP contribution in [0.2, 0.25) is 5.15 Å². The van der Waals surface area contributed by atoms with Crippen molar-refractivity contribution in [3.63, 3.8) is 0 Å². The summed E-state index contributed by atoms with van der Waals surface area (Å²) in [6, 6.07) is 14.4. The second kappa shape index (κ2) is 8.60. The van der Waals surface area contributed by atoms with Crippen LogP contribution >= 0.6 is 11.6 Å². The first-order valence-corrected chi connectivity index (χ1v) is 7.33. The summed E-state index contributed by atoms with van der Waals surface area (Å²) >= 11 is 5.87. The minimum absolute atomic E-state index is 0.235. The molecule has 2 aromatic carbocycles. The molecule has 1 amide bonds. The smallest absolute Gasteiger partial charge is 0.409 e. The van der Waals surface area contributed by atoms with Gasteiger partial charge >= 0.3 is 6.09 Å². The van der Waals surface area contributed by atoms with Crippen LogP contribution < -0.4 is 10.5 Å². The van der Waals surface area contributed by atoms with E-state index in [1.807, 2.05) is 30.3 Å². The third kappa shape index (κ3) is 5.43. The van der Waals surface area contributed by atoms with Crippen molar-refractivity contribution in [3.8, 4) is 5.75 Å². The largest absolute Gasteiger partial charge is 0.411 e. The highest BCUT2D eigenvalue weighted by molar-refractivity contribution is 6.32. The summed E-state index contributed by atoms with van der Waals surface area (Å²) in [5.41, 5.74) is 6.14.